The molecule has 0 aliphatic rings. The summed E-state index contributed by atoms with van der Waals surface area (Å²) in [7, 11) is 1.85. The van der Waals surface area contributed by atoms with Gasteiger partial charge in [-0.05, 0) is 52.1 Å². The predicted octanol–water partition coefficient (Wildman–Crippen LogP) is 3.43. The van der Waals surface area contributed by atoms with Crippen LogP contribution in [0.2, 0.25) is 0 Å². The molecule has 0 aliphatic carbocycles. The van der Waals surface area contributed by atoms with Crippen LogP contribution in [0, 0.1) is 5.82 Å². The van der Waals surface area contributed by atoms with Gasteiger partial charge < -0.3 is 16.0 Å². The molecule has 1 rings (SSSR count). The molecular weight excluding hydrogens is 316 g/mol. The van der Waals surface area contributed by atoms with E-state index in [1.165, 1.54) is 12.1 Å². The van der Waals surface area contributed by atoms with Gasteiger partial charge in [0, 0.05) is 12.5 Å². The molecule has 0 saturated carbocycles. The van der Waals surface area contributed by atoms with Gasteiger partial charge in [-0.15, -0.1) is 24.8 Å². The number of carbonyl (C=O) groups is 1. The van der Waals surface area contributed by atoms with E-state index in [4.69, 9.17) is 0 Å². The number of hydrogen-bond acceptors (Lipinski definition) is 3. The first-order valence-electron chi connectivity index (χ1n) is 6.53. The largest absolute Gasteiger partial charge is 0.381 e. The van der Waals surface area contributed by atoms with E-state index in [0.29, 0.717) is 17.8 Å². The van der Waals surface area contributed by atoms with Gasteiger partial charge in [0.15, 0.2) is 0 Å². The average molecular weight is 340 g/mol. The highest BCUT2D eigenvalue weighted by Crippen LogP contribution is 2.23. The van der Waals surface area contributed by atoms with E-state index < -0.39 is 0 Å². The first kappa shape index (κ1) is 22.2. The predicted molar refractivity (Wildman–Crippen MR) is 91.4 cm³/mol. The lowest BCUT2D eigenvalue weighted by Crippen LogP contribution is -2.17. The minimum Gasteiger partial charge on any atom is -0.381 e. The van der Waals surface area contributed by atoms with Crippen LogP contribution in [0.15, 0.2) is 18.2 Å². The summed E-state index contributed by atoms with van der Waals surface area (Å²) in [6.45, 7) is 4.72. The first-order chi connectivity index (χ1) is 9.02. The quantitative estimate of drug-likeness (QED) is 0.667. The monoisotopic (exact) mass is 339 g/mol. The minimum atomic E-state index is -0.323. The molecule has 0 atom stereocenters. The lowest BCUT2D eigenvalue weighted by molar-refractivity contribution is -0.116. The Morgan fingerprint density at radius 2 is 1.90 bits per heavy atom. The van der Waals surface area contributed by atoms with Gasteiger partial charge in [0.2, 0.25) is 5.91 Å². The lowest BCUT2D eigenvalue weighted by atomic mass is 10.2. The summed E-state index contributed by atoms with van der Waals surface area (Å²) >= 11 is 0. The number of amides is 1. The van der Waals surface area contributed by atoms with Crippen LogP contribution in [0.3, 0.4) is 0 Å². The molecule has 0 radical (unpaired) electrons. The van der Waals surface area contributed by atoms with Crippen molar-refractivity contribution in [3.8, 4) is 0 Å². The van der Waals surface area contributed by atoms with E-state index in [2.05, 4.69) is 16.0 Å². The molecule has 1 aromatic carbocycles. The van der Waals surface area contributed by atoms with E-state index in [-0.39, 0.29) is 42.6 Å². The van der Waals surface area contributed by atoms with Crippen LogP contribution in [0.5, 0.6) is 0 Å². The van der Waals surface area contributed by atoms with Gasteiger partial charge in [-0.2, -0.15) is 0 Å². The highest BCUT2D eigenvalue weighted by Gasteiger charge is 2.08. The van der Waals surface area contributed by atoms with Crippen molar-refractivity contribution in [1.29, 1.82) is 0 Å². The Bertz CT molecular complexity index is 431. The molecule has 1 aromatic rings. The Kier molecular flexibility index (Phi) is 12.3. The van der Waals surface area contributed by atoms with E-state index in [1.807, 2.05) is 20.9 Å². The van der Waals surface area contributed by atoms with Crippen LogP contribution >= 0.6 is 24.8 Å². The maximum absolute atomic E-state index is 13.2. The van der Waals surface area contributed by atoms with Crippen molar-refractivity contribution in [3.63, 3.8) is 0 Å². The van der Waals surface area contributed by atoms with Crippen LogP contribution in [0.4, 0.5) is 15.8 Å². The molecule has 0 aromatic heterocycles. The van der Waals surface area contributed by atoms with E-state index >= 15 is 0 Å². The molecule has 3 N–H and O–H groups in total. The summed E-state index contributed by atoms with van der Waals surface area (Å²) in [6.07, 6.45) is 1.22. The molecule has 0 saturated heterocycles. The maximum atomic E-state index is 13.2. The van der Waals surface area contributed by atoms with Crippen LogP contribution in [0.25, 0.3) is 0 Å². The lowest BCUT2D eigenvalue weighted by Gasteiger charge is -2.15. The fraction of sp³-hybridized carbons (Fsp3) is 0.500. The third-order valence-electron chi connectivity index (χ3n) is 2.53. The Balaban J connectivity index is 0. The standard InChI is InChI=1S/C14H22FN3O.2ClH/c1-10(2)17-13-9-11(15)6-7-12(13)18-14(19)5-4-8-16-3;;/h6-7,9-10,16-17H,4-5,8H2,1-3H3,(H,18,19);2*1H. The molecule has 7 heteroatoms. The van der Waals surface area contributed by atoms with Gasteiger partial charge in [-0.1, -0.05) is 0 Å². The number of nitrogens with one attached hydrogen (secondary N) is 3. The summed E-state index contributed by atoms with van der Waals surface area (Å²) in [6, 6.07) is 4.48. The van der Waals surface area contributed by atoms with Gasteiger partial charge >= 0.3 is 0 Å². The SMILES string of the molecule is CNCCCC(=O)Nc1ccc(F)cc1NC(C)C.Cl.Cl. The highest BCUT2D eigenvalue weighted by molar-refractivity contribution is 5.94. The molecule has 122 valence electrons. The van der Waals surface area contributed by atoms with Gasteiger partial charge in [-0.25, -0.2) is 4.39 Å². The number of halogens is 3. The summed E-state index contributed by atoms with van der Waals surface area (Å²) in [4.78, 5) is 11.7. The molecule has 0 unspecified atom stereocenters. The van der Waals surface area contributed by atoms with E-state index in [0.717, 1.165) is 13.0 Å². The summed E-state index contributed by atoms with van der Waals surface area (Å²) in [5, 5.41) is 8.92. The molecule has 0 spiro atoms. The van der Waals surface area contributed by atoms with Gasteiger partial charge in [0.1, 0.15) is 5.82 Å². The Morgan fingerprint density at radius 3 is 2.48 bits per heavy atom. The summed E-state index contributed by atoms with van der Waals surface area (Å²) < 4.78 is 13.2. The average Bonchev–Trinajstić information content (AvgIpc) is 2.32. The fourth-order valence-corrected chi connectivity index (χ4v) is 1.69. The Hall–Kier alpha value is -1.04. The normalized spacial score (nSPS) is 9.57. The summed E-state index contributed by atoms with van der Waals surface area (Å²) in [5.41, 5.74) is 1.22. The second-order valence-electron chi connectivity index (χ2n) is 4.74. The third kappa shape index (κ3) is 8.75. The topological polar surface area (TPSA) is 53.2 Å². The molecule has 21 heavy (non-hydrogen) atoms. The molecule has 0 aliphatic heterocycles. The second-order valence-corrected chi connectivity index (χ2v) is 4.74. The molecule has 1 amide bonds. The minimum absolute atomic E-state index is 0. The van der Waals surface area contributed by atoms with E-state index in [1.54, 1.807) is 6.07 Å². The van der Waals surface area contributed by atoms with Crippen LogP contribution in [0.1, 0.15) is 26.7 Å². The molecule has 0 fully saturated rings. The van der Waals surface area contributed by atoms with Crippen molar-refractivity contribution in [2.45, 2.75) is 32.7 Å². The van der Waals surface area contributed by atoms with E-state index in [9.17, 15) is 9.18 Å². The zero-order valence-electron chi connectivity index (χ0n) is 12.5. The third-order valence-corrected chi connectivity index (χ3v) is 2.53. The fourth-order valence-electron chi connectivity index (χ4n) is 1.69. The summed E-state index contributed by atoms with van der Waals surface area (Å²) in [5.74, 6) is -0.384. The number of anilines is 2. The highest BCUT2D eigenvalue weighted by atomic mass is 35.5. The van der Waals surface area contributed by atoms with Crippen LogP contribution in [-0.4, -0.2) is 25.5 Å². The first-order valence-corrected chi connectivity index (χ1v) is 6.53. The molecule has 4 nitrogen and oxygen atoms in total. The number of rotatable bonds is 7. The number of carbonyl (C=O) groups excluding carboxylic acids is 1. The van der Waals surface area contributed by atoms with Gasteiger partial charge in [0.05, 0.1) is 11.4 Å². The van der Waals surface area contributed by atoms with Gasteiger partial charge in [0.25, 0.3) is 0 Å². The van der Waals surface area contributed by atoms with Crippen molar-refractivity contribution < 1.29 is 9.18 Å². The van der Waals surface area contributed by atoms with Crippen molar-refractivity contribution in [3.05, 3.63) is 24.0 Å². The molecule has 0 bridgehead atoms. The maximum Gasteiger partial charge on any atom is 0.224 e. The van der Waals surface area contributed by atoms with Crippen molar-refractivity contribution >= 4 is 42.1 Å². The van der Waals surface area contributed by atoms with Crippen LogP contribution in [-0.2, 0) is 4.79 Å². The number of hydrogen-bond donors (Lipinski definition) is 3. The zero-order valence-corrected chi connectivity index (χ0v) is 14.2. The van der Waals surface area contributed by atoms with Gasteiger partial charge in [-0.3, -0.25) is 4.79 Å². The Morgan fingerprint density at radius 1 is 1.24 bits per heavy atom. The van der Waals surface area contributed by atoms with Crippen LogP contribution < -0.4 is 16.0 Å². The number of benzene rings is 1. The van der Waals surface area contributed by atoms with Crippen molar-refractivity contribution in [2.75, 3.05) is 24.2 Å². The smallest absolute Gasteiger partial charge is 0.224 e. The zero-order chi connectivity index (χ0) is 14.3. The van der Waals surface area contributed by atoms with Crippen molar-refractivity contribution in [1.82, 2.24) is 5.32 Å². The molecular formula is C14H24Cl2FN3O. The van der Waals surface area contributed by atoms with Crippen molar-refractivity contribution in [2.24, 2.45) is 0 Å². The molecule has 0 heterocycles. The second kappa shape index (κ2) is 11.6. The Labute approximate surface area is 138 Å².